The highest BCUT2D eigenvalue weighted by molar-refractivity contribution is 9.10. The zero-order valence-corrected chi connectivity index (χ0v) is 12.8. The Hall–Kier alpha value is -1.07. The van der Waals surface area contributed by atoms with Gasteiger partial charge in [-0.2, -0.15) is 0 Å². The molecule has 0 bridgehead atoms. The summed E-state index contributed by atoms with van der Waals surface area (Å²) < 4.78 is 6.56. The Morgan fingerprint density at radius 2 is 2.25 bits per heavy atom. The summed E-state index contributed by atoms with van der Waals surface area (Å²) in [7, 11) is 0. The van der Waals surface area contributed by atoms with Crippen LogP contribution in [0.4, 0.5) is 0 Å². The van der Waals surface area contributed by atoms with Gasteiger partial charge in [-0.25, -0.2) is 0 Å². The Morgan fingerprint density at radius 3 is 2.95 bits per heavy atom. The highest BCUT2D eigenvalue weighted by atomic mass is 79.9. The van der Waals surface area contributed by atoms with Crippen molar-refractivity contribution in [3.05, 3.63) is 28.2 Å². The number of nitrogens with zero attached hydrogens (tertiary/aromatic N) is 1. The van der Waals surface area contributed by atoms with Crippen molar-refractivity contribution in [1.82, 2.24) is 4.90 Å². The third kappa shape index (κ3) is 2.83. The SMILES string of the molecule is O=C([C@H]1COc2ccc(Br)cc21)N(CCO)CC1CC1. The Balaban J connectivity index is 1.78. The fraction of sp³-hybridized carbons (Fsp3) is 0.533. The lowest BCUT2D eigenvalue weighted by Crippen LogP contribution is -2.39. The molecule has 4 nitrogen and oxygen atoms in total. The van der Waals surface area contributed by atoms with E-state index >= 15 is 0 Å². The maximum Gasteiger partial charge on any atom is 0.233 e. The zero-order chi connectivity index (χ0) is 14.1. The van der Waals surface area contributed by atoms with E-state index in [1.165, 1.54) is 12.8 Å². The second kappa shape index (κ2) is 5.74. The Morgan fingerprint density at radius 1 is 1.45 bits per heavy atom. The van der Waals surface area contributed by atoms with E-state index in [2.05, 4.69) is 15.9 Å². The third-order valence-electron chi connectivity index (χ3n) is 3.91. The van der Waals surface area contributed by atoms with Gasteiger partial charge in [0.1, 0.15) is 18.3 Å². The molecule has 20 heavy (non-hydrogen) atoms. The topological polar surface area (TPSA) is 49.8 Å². The van der Waals surface area contributed by atoms with E-state index in [-0.39, 0.29) is 18.4 Å². The standard InChI is InChI=1S/C15H18BrNO3/c16-11-3-4-14-12(7-11)13(9-20-14)15(19)17(5-6-18)8-10-1-2-10/h3-4,7,10,13,18H,1-2,5-6,8-9H2/t13-/m0/s1. The van der Waals surface area contributed by atoms with Crippen molar-refractivity contribution in [2.75, 3.05) is 26.3 Å². The van der Waals surface area contributed by atoms with Crippen molar-refractivity contribution < 1.29 is 14.6 Å². The van der Waals surface area contributed by atoms with Crippen LogP contribution in [0.3, 0.4) is 0 Å². The third-order valence-corrected chi connectivity index (χ3v) is 4.40. The van der Waals surface area contributed by atoms with Crippen molar-refractivity contribution in [2.45, 2.75) is 18.8 Å². The Bertz CT molecular complexity index is 516. The first-order valence-corrected chi connectivity index (χ1v) is 7.80. The molecule has 1 fully saturated rings. The normalized spacial score (nSPS) is 20.4. The second-order valence-electron chi connectivity index (χ2n) is 5.50. The van der Waals surface area contributed by atoms with Crippen molar-refractivity contribution >= 4 is 21.8 Å². The van der Waals surface area contributed by atoms with E-state index in [1.807, 2.05) is 18.2 Å². The summed E-state index contributed by atoms with van der Waals surface area (Å²) in [6, 6.07) is 5.77. The largest absolute Gasteiger partial charge is 0.492 e. The summed E-state index contributed by atoms with van der Waals surface area (Å²) in [6.45, 7) is 1.59. The quantitative estimate of drug-likeness (QED) is 0.894. The van der Waals surface area contributed by atoms with Gasteiger partial charge in [-0.3, -0.25) is 4.79 Å². The van der Waals surface area contributed by atoms with E-state index in [1.54, 1.807) is 4.90 Å². The van der Waals surface area contributed by atoms with E-state index in [0.29, 0.717) is 19.1 Å². The first kappa shape index (κ1) is 13.9. The molecule has 1 aliphatic heterocycles. The van der Waals surface area contributed by atoms with Crippen LogP contribution in [0.5, 0.6) is 5.75 Å². The minimum atomic E-state index is -0.243. The predicted octanol–water partition coefficient (Wildman–Crippen LogP) is 2.16. The van der Waals surface area contributed by atoms with E-state index in [4.69, 9.17) is 9.84 Å². The second-order valence-corrected chi connectivity index (χ2v) is 6.41. The molecule has 1 N–H and O–H groups in total. The molecule has 1 amide bonds. The highest BCUT2D eigenvalue weighted by Gasteiger charge is 2.35. The molecule has 1 heterocycles. The molecular formula is C15H18BrNO3. The number of amides is 1. The molecule has 0 unspecified atom stereocenters. The van der Waals surface area contributed by atoms with Crippen LogP contribution in [0, 0.1) is 5.92 Å². The summed E-state index contributed by atoms with van der Waals surface area (Å²) in [5.74, 6) is 1.24. The van der Waals surface area contributed by atoms with Crippen LogP contribution in [-0.4, -0.2) is 42.2 Å². The smallest absolute Gasteiger partial charge is 0.233 e. The number of hydrogen-bond donors (Lipinski definition) is 1. The van der Waals surface area contributed by atoms with Crippen molar-refractivity contribution in [3.63, 3.8) is 0 Å². The van der Waals surface area contributed by atoms with Crippen LogP contribution in [0.25, 0.3) is 0 Å². The molecule has 1 atom stereocenters. The summed E-state index contributed by atoms with van der Waals surface area (Å²) in [5.41, 5.74) is 0.947. The molecule has 1 aromatic rings. The summed E-state index contributed by atoms with van der Waals surface area (Å²) in [6.07, 6.45) is 2.39. The number of hydrogen-bond acceptors (Lipinski definition) is 3. The lowest BCUT2D eigenvalue weighted by molar-refractivity contribution is -0.133. The minimum absolute atomic E-state index is 0.0113. The van der Waals surface area contributed by atoms with Crippen molar-refractivity contribution in [2.24, 2.45) is 5.92 Å². The van der Waals surface area contributed by atoms with Gasteiger partial charge in [0.25, 0.3) is 0 Å². The minimum Gasteiger partial charge on any atom is -0.492 e. The molecule has 1 saturated carbocycles. The molecule has 2 aliphatic rings. The van der Waals surface area contributed by atoms with Crippen molar-refractivity contribution in [1.29, 1.82) is 0 Å². The van der Waals surface area contributed by atoms with Gasteiger partial charge in [-0.1, -0.05) is 15.9 Å². The monoisotopic (exact) mass is 339 g/mol. The lowest BCUT2D eigenvalue weighted by atomic mass is 9.99. The van der Waals surface area contributed by atoms with Crippen LogP contribution in [0.15, 0.2) is 22.7 Å². The average Bonchev–Trinajstić information content (AvgIpc) is 3.15. The summed E-state index contributed by atoms with van der Waals surface area (Å²) >= 11 is 3.44. The number of fused-ring (bicyclic) bond motifs is 1. The molecule has 108 valence electrons. The van der Waals surface area contributed by atoms with Gasteiger partial charge >= 0.3 is 0 Å². The number of benzene rings is 1. The molecule has 1 aromatic carbocycles. The number of aliphatic hydroxyl groups is 1. The number of carbonyl (C=O) groups is 1. The average molecular weight is 340 g/mol. The first-order valence-electron chi connectivity index (χ1n) is 7.01. The van der Waals surface area contributed by atoms with Crippen LogP contribution < -0.4 is 4.74 Å². The molecule has 5 heteroatoms. The lowest BCUT2D eigenvalue weighted by Gasteiger charge is -2.24. The number of carbonyl (C=O) groups excluding carboxylic acids is 1. The van der Waals surface area contributed by atoms with Gasteiger partial charge in [0.2, 0.25) is 5.91 Å². The van der Waals surface area contributed by atoms with Crippen LogP contribution in [0.2, 0.25) is 0 Å². The van der Waals surface area contributed by atoms with E-state index in [0.717, 1.165) is 22.3 Å². The van der Waals surface area contributed by atoms with Crippen LogP contribution in [-0.2, 0) is 4.79 Å². The Kier molecular flexibility index (Phi) is 3.98. The Labute approximate surface area is 126 Å². The van der Waals surface area contributed by atoms with E-state index in [9.17, 15) is 4.79 Å². The van der Waals surface area contributed by atoms with Crippen LogP contribution in [0.1, 0.15) is 24.3 Å². The fourth-order valence-electron chi connectivity index (χ4n) is 2.63. The zero-order valence-electron chi connectivity index (χ0n) is 11.2. The van der Waals surface area contributed by atoms with Gasteiger partial charge in [0, 0.05) is 23.1 Å². The van der Waals surface area contributed by atoms with Gasteiger partial charge < -0.3 is 14.7 Å². The predicted molar refractivity (Wildman–Crippen MR) is 78.8 cm³/mol. The van der Waals surface area contributed by atoms with E-state index < -0.39 is 0 Å². The van der Waals surface area contributed by atoms with Crippen molar-refractivity contribution in [3.8, 4) is 5.75 Å². The first-order chi connectivity index (χ1) is 9.69. The van der Waals surface area contributed by atoms with Gasteiger partial charge in [0.05, 0.1) is 6.61 Å². The maximum absolute atomic E-state index is 12.7. The van der Waals surface area contributed by atoms with Crippen LogP contribution >= 0.6 is 15.9 Å². The molecule has 0 aromatic heterocycles. The number of rotatable bonds is 5. The number of ether oxygens (including phenoxy) is 1. The number of halogens is 1. The summed E-state index contributed by atoms with van der Waals surface area (Å²) in [5, 5.41) is 9.17. The molecular weight excluding hydrogens is 322 g/mol. The summed E-state index contributed by atoms with van der Waals surface area (Å²) in [4.78, 5) is 14.5. The van der Waals surface area contributed by atoms with Gasteiger partial charge in [-0.15, -0.1) is 0 Å². The maximum atomic E-state index is 12.7. The molecule has 0 spiro atoms. The van der Waals surface area contributed by atoms with Gasteiger partial charge in [0.15, 0.2) is 0 Å². The molecule has 0 saturated heterocycles. The number of aliphatic hydroxyl groups excluding tert-OH is 1. The van der Waals surface area contributed by atoms with Gasteiger partial charge in [-0.05, 0) is 37.0 Å². The molecule has 1 aliphatic carbocycles. The highest BCUT2D eigenvalue weighted by Crippen LogP contribution is 2.37. The fourth-order valence-corrected chi connectivity index (χ4v) is 3.01. The molecule has 3 rings (SSSR count). The molecule has 0 radical (unpaired) electrons.